The van der Waals surface area contributed by atoms with E-state index < -0.39 is 5.97 Å². The summed E-state index contributed by atoms with van der Waals surface area (Å²) >= 11 is 5.94. The Balaban J connectivity index is 1.54. The number of hydrogen-bond donors (Lipinski definition) is 1. The summed E-state index contributed by atoms with van der Waals surface area (Å²) in [6.45, 7) is 4.24. The molecule has 0 saturated carbocycles. The van der Waals surface area contributed by atoms with Crippen LogP contribution in [0.15, 0.2) is 72.8 Å². The van der Waals surface area contributed by atoms with E-state index in [1.54, 1.807) is 49.4 Å². The van der Waals surface area contributed by atoms with Crippen molar-refractivity contribution in [3.05, 3.63) is 94.5 Å². The molecule has 1 heterocycles. The Morgan fingerprint density at radius 3 is 2.17 bits per heavy atom. The molecule has 1 N–H and O–H groups in total. The van der Waals surface area contributed by atoms with Crippen LogP contribution in [0.2, 0.25) is 5.02 Å². The minimum Gasteiger partial charge on any atom is -0.462 e. The zero-order valence-electron chi connectivity index (χ0n) is 19.4. The monoisotopic (exact) mass is 491 g/mol. The molecule has 0 spiro atoms. The third kappa shape index (κ3) is 5.81. The van der Waals surface area contributed by atoms with Gasteiger partial charge in [0.15, 0.2) is 0 Å². The Hall–Kier alpha value is -3.84. The van der Waals surface area contributed by atoms with E-state index >= 15 is 0 Å². The van der Waals surface area contributed by atoms with Gasteiger partial charge in [0.25, 0.3) is 11.8 Å². The average molecular weight is 492 g/mol. The van der Waals surface area contributed by atoms with Crippen LogP contribution in [-0.4, -0.2) is 55.5 Å². The van der Waals surface area contributed by atoms with E-state index in [-0.39, 0.29) is 18.4 Å². The molecule has 0 aromatic heterocycles. The highest BCUT2D eigenvalue weighted by Gasteiger charge is 2.25. The lowest BCUT2D eigenvalue weighted by Crippen LogP contribution is -2.49. The molecule has 0 aliphatic carbocycles. The highest BCUT2D eigenvalue weighted by atomic mass is 35.5. The summed E-state index contributed by atoms with van der Waals surface area (Å²) in [6.07, 6.45) is 0. The topological polar surface area (TPSA) is 79.0 Å². The number of nitrogens with one attached hydrogen (secondary N) is 1. The van der Waals surface area contributed by atoms with E-state index in [1.165, 1.54) is 0 Å². The third-order valence-electron chi connectivity index (χ3n) is 5.79. The largest absolute Gasteiger partial charge is 0.462 e. The number of carbonyl (C=O) groups is 3. The van der Waals surface area contributed by atoms with Crippen molar-refractivity contribution in [1.82, 2.24) is 4.90 Å². The van der Waals surface area contributed by atoms with Crippen LogP contribution in [0.25, 0.3) is 0 Å². The molecule has 1 aliphatic heterocycles. The molecule has 0 bridgehead atoms. The smallest absolute Gasteiger partial charge is 0.338 e. The fourth-order valence-electron chi connectivity index (χ4n) is 3.96. The van der Waals surface area contributed by atoms with Gasteiger partial charge >= 0.3 is 5.97 Å². The minimum atomic E-state index is -0.459. The summed E-state index contributed by atoms with van der Waals surface area (Å²) in [5.74, 6) is -0.777. The number of hydrogen-bond acceptors (Lipinski definition) is 5. The number of carbonyl (C=O) groups excluding carboxylic acids is 3. The van der Waals surface area contributed by atoms with Crippen LogP contribution < -0.4 is 10.2 Å². The van der Waals surface area contributed by atoms with Crippen molar-refractivity contribution < 1.29 is 19.1 Å². The van der Waals surface area contributed by atoms with Crippen molar-refractivity contribution in [2.75, 3.05) is 43.0 Å². The maximum atomic E-state index is 12.9. The van der Waals surface area contributed by atoms with Crippen LogP contribution in [-0.2, 0) is 4.74 Å². The molecule has 0 atom stereocenters. The van der Waals surface area contributed by atoms with Gasteiger partial charge in [0, 0.05) is 42.3 Å². The molecule has 35 heavy (non-hydrogen) atoms. The van der Waals surface area contributed by atoms with Gasteiger partial charge in [-0.2, -0.15) is 0 Å². The predicted octanol–water partition coefficient (Wildman–Crippen LogP) is 4.73. The van der Waals surface area contributed by atoms with Gasteiger partial charge in [-0.25, -0.2) is 4.79 Å². The first-order valence-corrected chi connectivity index (χ1v) is 11.8. The van der Waals surface area contributed by atoms with E-state index in [4.69, 9.17) is 16.3 Å². The molecule has 0 radical (unpaired) electrons. The van der Waals surface area contributed by atoms with Gasteiger partial charge < -0.3 is 19.9 Å². The summed E-state index contributed by atoms with van der Waals surface area (Å²) in [7, 11) is 0. The summed E-state index contributed by atoms with van der Waals surface area (Å²) in [5.41, 5.74) is 2.72. The lowest BCUT2D eigenvalue weighted by Gasteiger charge is -2.37. The summed E-state index contributed by atoms with van der Waals surface area (Å²) < 4.78 is 5.13. The van der Waals surface area contributed by atoms with Crippen molar-refractivity contribution in [2.24, 2.45) is 0 Å². The molecular formula is C27H26ClN3O4. The molecule has 4 rings (SSSR count). The molecule has 7 nitrogen and oxygen atoms in total. The minimum absolute atomic E-state index is 0.000765. The predicted molar refractivity (Wildman–Crippen MR) is 136 cm³/mol. The fourth-order valence-corrected chi connectivity index (χ4v) is 4.09. The number of esters is 1. The second-order valence-electron chi connectivity index (χ2n) is 8.06. The number of anilines is 2. The molecule has 1 aliphatic rings. The number of amides is 2. The van der Waals surface area contributed by atoms with Gasteiger partial charge in [-0.3, -0.25) is 9.59 Å². The van der Waals surface area contributed by atoms with E-state index in [0.29, 0.717) is 53.6 Å². The first-order chi connectivity index (χ1) is 17.0. The van der Waals surface area contributed by atoms with Crippen LogP contribution >= 0.6 is 11.6 Å². The van der Waals surface area contributed by atoms with E-state index in [1.807, 2.05) is 35.2 Å². The van der Waals surface area contributed by atoms with E-state index in [0.717, 1.165) is 5.69 Å². The van der Waals surface area contributed by atoms with Crippen LogP contribution in [0.1, 0.15) is 38.0 Å². The molecule has 1 saturated heterocycles. The summed E-state index contributed by atoms with van der Waals surface area (Å²) in [6, 6.07) is 20.9. The number of nitrogens with zero attached hydrogens (tertiary/aromatic N) is 2. The summed E-state index contributed by atoms with van der Waals surface area (Å²) in [4.78, 5) is 42.0. The van der Waals surface area contributed by atoms with E-state index in [9.17, 15) is 14.4 Å². The number of ether oxygens (including phenoxy) is 1. The Bertz CT molecular complexity index is 1210. The summed E-state index contributed by atoms with van der Waals surface area (Å²) in [5, 5.41) is 3.47. The third-order valence-corrected chi connectivity index (χ3v) is 6.04. The van der Waals surface area contributed by atoms with Gasteiger partial charge in [0.05, 0.1) is 23.5 Å². The molecule has 2 amide bonds. The normalized spacial score (nSPS) is 13.3. The Kier molecular flexibility index (Phi) is 7.67. The van der Waals surface area contributed by atoms with Crippen molar-refractivity contribution in [3.63, 3.8) is 0 Å². The number of piperazine rings is 1. The van der Waals surface area contributed by atoms with Gasteiger partial charge in [0.2, 0.25) is 0 Å². The number of benzene rings is 3. The average Bonchev–Trinajstić information content (AvgIpc) is 2.89. The second-order valence-corrected chi connectivity index (χ2v) is 8.50. The van der Waals surface area contributed by atoms with Crippen molar-refractivity contribution in [3.8, 4) is 0 Å². The Labute approximate surface area is 209 Å². The molecule has 3 aromatic carbocycles. The number of halogens is 1. The SMILES string of the molecule is CCOC(=O)c1ccc(N2CCN(C(=O)c3ccccc3)CC2)c(NC(=O)c2ccc(Cl)cc2)c1. The fraction of sp³-hybridized carbons (Fsp3) is 0.222. The Morgan fingerprint density at radius 2 is 1.51 bits per heavy atom. The standard InChI is InChI=1S/C27H26ClN3O4/c1-2-35-27(34)21-10-13-24(23(18-21)29-25(32)19-8-11-22(28)12-9-19)30-14-16-31(17-15-30)26(33)20-6-4-3-5-7-20/h3-13,18H,2,14-17H2,1H3,(H,29,32). The van der Waals surface area contributed by atoms with Crippen LogP contribution in [0.3, 0.4) is 0 Å². The van der Waals surface area contributed by atoms with Crippen LogP contribution in [0.5, 0.6) is 0 Å². The van der Waals surface area contributed by atoms with Crippen molar-refractivity contribution in [2.45, 2.75) is 6.92 Å². The Morgan fingerprint density at radius 1 is 0.857 bits per heavy atom. The van der Waals surface area contributed by atoms with Gasteiger partial charge in [-0.05, 0) is 61.5 Å². The first kappa shape index (κ1) is 24.3. The molecule has 8 heteroatoms. The lowest BCUT2D eigenvalue weighted by atomic mass is 10.1. The molecule has 3 aromatic rings. The van der Waals surface area contributed by atoms with E-state index in [2.05, 4.69) is 10.2 Å². The maximum absolute atomic E-state index is 12.9. The number of rotatable bonds is 6. The van der Waals surface area contributed by atoms with Crippen molar-refractivity contribution >= 4 is 40.8 Å². The van der Waals surface area contributed by atoms with Gasteiger partial charge in [-0.1, -0.05) is 29.8 Å². The first-order valence-electron chi connectivity index (χ1n) is 11.4. The lowest BCUT2D eigenvalue weighted by molar-refractivity contribution is 0.0526. The van der Waals surface area contributed by atoms with Gasteiger partial charge in [0.1, 0.15) is 0 Å². The maximum Gasteiger partial charge on any atom is 0.338 e. The molecular weight excluding hydrogens is 466 g/mol. The molecule has 0 unspecified atom stereocenters. The molecule has 180 valence electrons. The van der Waals surface area contributed by atoms with Gasteiger partial charge in [-0.15, -0.1) is 0 Å². The zero-order chi connectivity index (χ0) is 24.8. The molecule has 1 fully saturated rings. The second kappa shape index (κ2) is 11.1. The highest BCUT2D eigenvalue weighted by Crippen LogP contribution is 2.29. The van der Waals surface area contributed by atoms with Crippen molar-refractivity contribution in [1.29, 1.82) is 0 Å². The highest BCUT2D eigenvalue weighted by molar-refractivity contribution is 6.30. The van der Waals surface area contributed by atoms with Crippen LogP contribution in [0.4, 0.5) is 11.4 Å². The quantitative estimate of drug-likeness (QED) is 0.504. The zero-order valence-corrected chi connectivity index (χ0v) is 20.1. The van der Waals surface area contributed by atoms with Crippen LogP contribution in [0, 0.1) is 0 Å².